The zero-order valence-corrected chi connectivity index (χ0v) is 22.7. The Morgan fingerprint density at radius 2 is 1.73 bits per heavy atom. The molecule has 0 saturated heterocycles. The van der Waals surface area contributed by atoms with Gasteiger partial charge in [-0.2, -0.15) is 5.10 Å². The van der Waals surface area contributed by atoms with Crippen molar-refractivity contribution in [3.63, 3.8) is 0 Å². The first-order valence-corrected chi connectivity index (χ1v) is 13.9. The Bertz CT molecular complexity index is 1770. The predicted octanol–water partition coefficient (Wildman–Crippen LogP) is 5.06. The van der Waals surface area contributed by atoms with Crippen molar-refractivity contribution in [2.75, 3.05) is 31.4 Å². The molecule has 0 atom stereocenters. The van der Waals surface area contributed by atoms with Crippen molar-refractivity contribution in [1.29, 1.82) is 0 Å². The molecule has 0 bridgehead atoms. The summed E-state index contributed by atoms with van der Waals surface area (Å²) in [5.74, 6) is 1.74. The van der Waals surface area contributed by atoms with E-state index in [1.54, 1.807) is 42.6 Å². The van der Waals surface area contributed by atoms with Gasteiger partial charge in [0.1, 0.15) is 17.2 Å². The van der Waals surface area contributed by atoms with Crippen LogP contribution in [-0.2, 0) is 10.0 Å². The molecule has 3 N–H and O–H groups in total. The van der Waals surface area contributed by atoms with Gasteiger partial charge in [-0.3, -0.25) is 14.8 Å². The van der Waals surface area contributed by atoms with E-state index in [0.717, 1.165) is 18.5 Å². The predicted molar refractivity (Wildman–Crippen MR) is 148 cm³/mol. The van der Waals surface area contributed by atoms with Crippen LogP contribution in [0.3, 0.4) is 0 Å². The summed E-state index contributed by atoms with van der Waals surface area (Å²) in [5, 5.41) is 15.0. The fourth-order valence-electron chi connectivity index (χ4n) is 4.45. The summed E-state index contributed by atoms with van der Waals surface area (Å²) in [6.07, 6.45) is 3.95. The molecule has 206 valence electrons. The second-order valence-corrected chi connectivity index (χ2v) is 10.8. The lowest BCUT2D eigenvalue weighted by Gasteiger charge is -2.16. The first-order chi connectivity index (χ1) is 19.4. The van der Waals surface area contributed by atoms with Crippen molar-refractivity contribution >= 4 is 38.3 Å². The van der Waals surface area contributed by atoms with Crippen LogP contribution in [0.5, 0.6) is 17.2 Å². The number of nitrogens with zero attached hydrogens (tertiary/aromatic N) is 3. The number of hydrogen-bond acceptors (Lipinski definition) is 10. The highest BCUT2D eigenvalue weighted by Gasteiger charge is 2.29. The van der Waals surface area contributed by atoms with Crippen molar-refractivity contribution in [2.24, 2.45) is 0 Å². The van der Waals surface area contributed by atoms with Crippen LogP contribution in [0.1, 0.15) is 24.5 Å². The zero-order valence-electron chi connectivity index (χ0n) is 21.9. The van der Waals surface area contributed by atoms with Crippen molar-refractivity contribution < 1.29 is 27.2 Å². The Morgan fingerprint density at radius 1 is 0.975 bits per heavy atom. The molecule has 13 heteroatoms. The first-order valence-electron chi connectivity index (χ1n) is 12.4. The van der Waals surface area contributed by atoms with E-state index in [2.05, 4.69) is 30.4 Å². The van der Waals surface area contributed by atoms with Crippen LogP contribution in [0.15, 0.2) is 64.1 Å². The number of nitrogens with one attached hydrogen (secondary N) is 3. The molecule has 5 aromatic rings. The van der Waals surface area contributed by atoms with Gasteiger partial charge >= 0.3 is 0 Å². The number of fused-ring (bicyclic) bond motifs is 1. The average molecular weight is 563 g/mol. The van der Waals surface area contributed by atoms with Gasteiger partial charge in [-0.15, -0.1) is 0 Å². The quantitative estimate of drug-likeness (QED) is 0.210. The summed E-state index contributed by atoms with van der Waals surface area (Å²) >= 11 is 0. The monoisotopic (exact) mass is 562 g/mol. The maximum absolute atomic E-state index is 13.7. The fourth-order valence-corrected chi connectivity index (χ4v) is 5.77. The Labute approximate surface area is 229 Å². The standard InChI is InChI=1S/C27H26N6O6S/c1-36-22-12-17-21(13-20(22)29-25-14-19(30-31-25)15-7-8-15)39-32-27(17)33-40(34,35)26-23(37-2)10-16(11-24(26)38-3)18-6-4-5-9-28-18/h4-6,9-15H,7-8H2,1-3H3,(H,32,33)(H2,29,30,31). The molecule has 40 heavy (non-hydrogen) atoms. The van der Waals surface area contributed by atoms with Gasteiger partial charge in [0.25, 0.3) is 10.0 Å². The van der Waals surface area contributed by atoms with Gasteiger partial charge in [-0.05, 0) is 43.2 Å². The van der Waals surface area contributed by atoms with E-state index in [-0.39, 0.29) is 22.2 Å². The second kappa shape index (κ2) is 10.1. The Morgan fingerprint density at radius 3 is 2.38 bits per heavy atom. The topological polar surface area (TPSA) is 153 Å². The third-order valence-corrected chi connectivity index (χ3v) is 7.99. The number of aromatic amines is 1. The number of hydrogen-bond donors (Lipinski definition) is 3. The molecule has 1 aliphatic carbocycles. The summed E-state index contributed by atoms with van der Waals surface area (Å²) in [6.45, 7) is 0. The van der Waals surface area contributed by atoms with Crippen molar-refractivity contribution in [2.45, 2.75) is 23.7 Å². The van der Waals surface area contributed by atoms with Gasteiger partial charge in [0.15, 0.2) is 22.1 Å². The molecule has 12 nitrogen and oxygen atoms in total. The first kappa shape index (κ1) is 25.5. The highest BCUT2D eigenvalue weighted by atomic mass is 32.2. The molecule has 3 aromatic heterocycles. The summed E-state index contributed by atoms with van der Waals surface area (Å²) in [7, 11) is 0.0318. The molecule has 1 aliphatic rings. The van der Waals surface area contributed by atoms with Crippen LogP contribution < -0.4 is 24.2 Å². The molecule has 0 radical (unpaired) electrons. The van der Waals surface area contributed by atoms with E-state index in [9.17, 15) is 8.42 Å². The van der Waals surface area contributed by atoms with Crippen molar-refractivity contribution in [3.8, 4) is 28.5 Å². The normalized spacial score (nSPS) is 13.3. The molecular formula is C27H26N6O6S. The lowest BCUT2D eigenvalue weighted by molar-refractivity contribution is 0.374. The maximum atomic E-state index is 13.7. The highest BCUT2D eigenvalue weighted by Crippen LogP contribution is 2.42. The number of ether oxygens (including phenoxy) is 3. The number of sulfonamides is 1. The lowest BCUT2D eigenvalue weighted by atomic mass is 10.1. The zero-order chi connectivity index (χ0) is 27.9. The smallest absolute Gasteiger partial charge is 0.270 e. The molecule has 1 fully saturated rings. The molecule has 2 aromatic carbocycles. The Balaban J connectivity index is 1.34. The van der Waals surface area contributed by atoms with Gasteiger partial charge in [0.05, 0.1) is 38.1 Å². The Hall–Kier alpha value is -4.78. The summed E-state index contributed by atoms with van der Waals surface area (Å²) in [6, 6.07) is 13.9. The minimum Gasteiger partial charge on any atom is -0.495 e. The SMILES string of the molecule is COc1cc2c(NS(=O)(=O)c3c(OC)cc(-c4ccccn4)cc3OC)noc2cc1Nc1cc(C2CC2)[nH]n1. The summed E-state index contributed by atoms with van der Waals surface area (Å²) in [4.78, 5) is 4.14. The fraction of sp³-hybridized carbons (Fsp3) is 0.222. The number of aromatic nitrogens is 4. The lowest BCUT2D eigenvalue weighted by Crippen LogP contribution is -2.16. The number of methoxy groups -OCH3 is 3. The largest absolute Gasteiger partial charge is 0.495 e. The van der Waals surface area contributed by atoms with Crippen LogP contribution in [0, 0.1) is 0 Å². The molecule has 0 spiro atoms. The Kier molecular flexibility index (Phi) is 6.42. The van der Waals surface area contributed by atoms with Crippen LogP contribution in [0.2, 0.25) is 0 Å². The van der Waals surface area contributed by atoms with Crippen molar-refractivity contribution in [1.82, 2.24) is 20.3 Å². The maximum Gasteiger partial charge on any atom is 0.270 e. The number of pyridine rings is 1. The van der Waals surface area contributed by atoms with E-state index in [1.807, 2.05) is 12.1 Å². The van der Waals surface area contributed by atoms with Gasteiger partial charge in [0, 0.05) is 35.5 Å². The van der Waals surface area contributed by atoms with Gasteiger partial charge in [-0.25, -0.2) is 8.42 Å². The van der Waals surface area contributed by atoms with Crippen molar-refractivity contribution in [3.05, 3.63) is 60.4 Å². The summed E-state index contributed by atoms with van der Waals surface area (Å²) < 4.78 is 51.8. The van der Waals surface area contributed by atoms with E-state index in [1.165, 1.54) is 21.3 Å². The molecule has 0 amide bonds. The molecule has 0 aliphatic heterocycles. The highest BCUT2D eigenvalue weighted by molar-refractivity contribution is 7.93. The number of benzene rings is 2. The third kappa shape index (κ3) is 4.75. The minimum absolute atomic E-state index is 0.0199. The van der Waals surface area contributed by atoms with E-state index in [4.69, 9.17) is 18.7 Å². The molecular weight excluding hydrogens is 536 g/mol. The second-order valence-electron chi connectivity index (χ2n) is 9.22. The van der Waals surface area contributed by atoms with Gasteiger partial charge in [0.2, 0.25) is 0 Å². The minimum atomic E-state index is -4.25. The van der Waals surface area contributed by atoms with E-state index >= 15 is 0 Å². The van der Waals surface area contributed by atoms with Crippen LogP contribution >= 0.6 is 0 Å². The van der Waals surface area contributed by atoms with Gasteiger partial charge in [-0.1, -0.05) is 11.2 Å². The van der Waals surface area contributed by atoms with Crippen LogP contribution in [0.25, 0.3) is 22.2 Å². The third-order valence-electron chi connectivity index (χ3n) is 6.59. The molecule has 1 saturated carbocycles. The number of H-pyrrole nitrogens is 1. The van der Waals surface area contributed by atoms with Gasteiger partial charge < -0.3 is 24.1 Å². The molecule has 3 heterocycles. The number of rotatable bonds is 10. The van der Waals surface area contributed by atoms with E-state index < -0.39 is 10.0 Å². The van der Waals surface area contributed by atoms with E-state index in [0.29, 0.717) is 45.4 Å². The molecule has 0 unspecified atom stereocenters. The van der Waals surface area contributed by atoms with Crippen LogP contribution in [-0.4, -0.2) is 50.1 Å². The average Bonchev–Trinajstić information content (AvgIpc) is 3.61. The molecule has 6 rings (SSSR count). The van der Waals surface area contributed by atoms with Crippen LogP contribution in [0.4, 0.5) is 17.3 Å². The summed E-state index contributed by atoms with van der Waals surface area (Å²) in [5.41, 5.74) is 3.27. The number of anilines is 3.